The summed E-state index contributed by atoms with van der Waals surface area (Å²) in [4.78, 5) is 8.28. The maximum absolute atomic E-state index is 13.9. The molecule has 0 radical (unpaired) electrons. The molecule has 0 saturated carbocycles. The smallest absolute Gasteiger partial charge is 0.172 e. The van der Waals surface area contributed by atoms with E-state index in [2.05, 4.69) is 25.9 Å². The second kappa shape index (κ2) is 9.32. The van der Waals surface area contributed by atoms with Crippen LogP contribution in [-0.4, -0.2) is 15.1 Å². The Labute approximate surface area is 191 Å². The average Bonchev–Trinajstić information content (AvgIpc) is 2.76. The van der Waals surface area contributed by atoms with Gasteiger partial charge in [0.05, 0.1) is 15.7 Å². The fourth-order valence-electron chi connectivity index (χ4n) is 2.87. The van der Waals surface area contributed by atoms with E-state index >= 15 is 0 Å². The van der Waals surface area contributed by atoms with Gasteiger partial charge >= 0.3 is 0 Å². The van der Waals surface area contributed by atoms with E-state index in [4.69, 9.17) is 21.1 Å². The highest BCUT2D eigenvalue weighted by atomic mass is 79.9. The molecule has 1 N–H and O–H groups in total. The lowest BCUT2D eigenvalue weighted by molar-refractivity contribution is 0.298. The number of halogens is 3. The molecular formula is C23H15BrClFN2O3. The fraction of sp³-hybridized carbons (Fsp3) is 0.0435. The van der Waals surface area contributed by atoms with Gasteiger partial charge in [0.25, 0.3) is 0 Å². The number of ether oxygens (including phenoxy) is 2. The molecule has 0 bridgehead atoms. The summed E-state index contributed by atoms with van der Waals surface area (Å²) >= 11 is 9.46. The van der Waals surface area contributed by atoms with Gasteiger partial charge in [0.15, 0.2) is 5.75 Å². The first kappa shape index (κ1) is 21.1. The van der Waals surface area contributed by atoms with Crippen LogP contribution in [0.3, 0.4) is 0 Å². The van der Waals surface area contributed by atoms with Gasteiger partial charge in [-0.25, -0.2) is 14.4 Å². The van der Waals surface area contributed by atoms with Gasteiger partial charge in [-0.3, -0.25) is 0 Å². The lowest BCUT2D eigenvalue weighted by Gasteiger charge is -2.13. The predicted molar refractivity (Wildman–Crippen MR) is 119 cm³/mol. The zero-order chi connectivity index (χ0) is 21.8. The Morgan fingerprint density at radius 1 is 1.03 bits per heavy atom. The summed E-state index contributed by atoms with van der Waals surface area (Å²) in [5.41, 5.74) is 1.08. The maximum atomic E-state index is 13.9. The second-order valence-electron chi connectivity index (χ2n) is 6.44. The molecule has 0 aliphatic rings. The summed E-state index contributed by atoms with van der Waals surface area (Å²) in [5.74, 6) is 0.773. The van der Waals surface area contributed by atoms with Crippen LogP contribution in [0.15, 0.2) is 77.7 Å². The Hall–Kier alpha value is -3.16. The molecule has 1 heterocycles. The molecule has 8 heteroatoms. The van der Waals surface area contributed by atoms with Gasteiger partial charge in [0.2, 0.25) is 0 Å². The van der Waals surface area contributed by atoms with Crippen molar-refractivity contribution in [1.29, 1.82) is 0 Å². The molecule has 0 aliphatic carbocycles. The molecule has 0 spiro atoms. The Kier molecular flexibility index (Phi) is 6.34. The molecule has 0 saturated heterocycles. The summed E-state index contributed by atoms with van der Waals surface area (Å²) in [6.07, 6.45) is 2.89. The van der Waals surface area contributed by atoms with Crippen LogP contribution in [0, 0.1) is 5.82 Å². The molecule has 31 heavy (non-hydrogen) atoms. The van der Waals surface area contributed by atoms with E-state index in [1.807, 2.05) is 18.2 Å². The minimum absolute atomic E-state index is 0.0752. The largest absolute Gasteiger partial charge is 0.507 e. The van der Waals surface area contributed by atoms with E-state index in [0.717, 1.165) is 4.47 Å². The van der Waals surface area contributed by atoms with Crippen LogP contribution in [0.25, 0.3) is 11.3 Å². The van der Waals surface area contributed by atoms with Crippen molar-refractivity contribution >= 4 is 27.5 Å². The molecule has 0 aliphatic heterocycles. The third-order valence-corrected chi connectivity index (χ3v) is 5.41. The third kappa shape index (κ3) is 4.78. The molecule has 156 valence electrons. The molecular weight excluding hydrogens is 487 g/mol. The number of aromatic hydroxyl groups is 1. The number of phenols is 1. The lowest BCUT2D eigenvalue weighted by atomic mass is 10.1. The van der Waals surface area contributed by atoms with Crippen LogP contribution in [0.4, 0.5) is 4.39 Å². The van der Waals surface area contributed by atoms with Crippen LogP contribution >= 0.6 is 27.5 Å². The Morgan fingerprint density at radius 2 is 1.87 bits per heavy atom. The second-order valence-corrected chi connectivity index (χ2v) is 7.70. The number of aromatic nitrogens is 2. The summed E-state index contributed by atoms with van der Waals surface area (Å²) in [7, 11) is 0. The summed E-state index contributed by atoms with van der Waals surface area (Å²) in [6.45, 7) is -0.0752. The number of para-hydroxylation sites is 1. The quantitative estimate of drug-likeness (QED) is 0.316. The van der Waals surface area contributed by atoms with Crippen LogP contribution in [0.5, 0.6) is 23.0 Å². The van der Waals surface area contributed by atoms with Crippen molar-refractivity contribution in [1.82, 2.24) is 9.97 Å². The topological polar surface area (TPSA) is 64.5 Å². The zero-order valence-corrected chi connectivity index (χ0v) is 18.3. The van der Waals surface area contributed by atoms with Crippen molar-refractivity contribution in [3.8, 4) is 34.3 Å². The van der Waals surface area contributed by atoms with E-state index in [1.165, 1.54) is 30.7 Å². The maximum Gasteiger partial charge on any atom is 0.172 e. The van der Waals surface area contributed by atoms with Gasteiger partial charge in [0, 0.05) is 17.2 Å². The van der Waals surface area contributed by atoms with E-state index in [1.54, 1.807) is 24.3 Å². The van der Waals surface area contributed by atoms with E-state index in [9.17, 15) is 9.50 Å². The minimum Gasteiger partial charge on any atom is -0.507 e. The average molecular weight is 502 g/mol. The van der Waals surface area contributed by atoms with Gasteiger partial charge in [-0.15, -0.1) is 0 Å². The van der Waals surface area contributed by atoms with E-state index in [-0.39, 0.29) is 22.9 Å². The van der Waals surface area contributed by atoms with Crippen molar-refractivity contribution in [3.05, 3.63) is 94.1 Å². The molecule has 0 atom stereocenters. The monoisotopic (exact) mass is 500 g/mol. The zero-order valence-electron chi connectivity index (χ0n) is 15.9. The summed E-state index contributed by atoms with van der Waals surface area (Å²) in [6, 6.07) is 16.5. The molecule has 4 aromatic rings. The highest BCUT2D eigenvalue weighted by molar-refractivity contribution is 9.10. The number of nitrogens with zero attached hydrogens (tertiary/aromatic N) is 2. The highest BCUT2D eigenvalue weighted by Gasteiger charge is 2.15. The fourth-order valence-corrected chi connectivity index (χ4v) is 3.45. The van der Waals surface area contributed by atoms with Gasteiger partial charge in [-0.1, -0.05) is 29.8 Å². The molecule has 3 aromatic carbocycles. The highest BCUT2D eigenvalue weighted by Crippen LogP contribution is 2.39. The summed E-state index contributed by atoms with van der Waals surface area (Å²) in [5, 5.41) is 10.9. The minimum atomic E-state index is -0.455. The van der Waals surface area contributed by atoms with Gasteiger partial charge in [-0.2, -0.15) is 0 Å². The number of hydrogen-bond acceptors (Lipinski definition) is 5. The molecule has 5 nitrogen and oxygen atoms in total. The molecule has 0 fully saturated rings. The first-order valence-electron chi connectivity index (χ1n) is 9.14. The Balaban J connectivity index is 1.58. The number of hydrogen-bond donors (Lipinski definition) is 1. The molecule has 0 unspecified atom stereocenters. The van der Waals surface area contributed by atoms with Gasteiger partial charge in [-0.05, 0) is 52.3 Å². The van der Waals surface area contributed by atoms with Crippen LogP contribution in [-0.2, 0) is 6.61 Å². The number of rotatable bonds is 6. The van der Waals surface area contributed by atoms with Gasteiger partial charge in [0.1, 0.15) is 41.7 Å². The van der Waals surface area contributed by atoms with E-state index in [0.29, 0.717) is 28.5 Å². The number of benzene rings is 3. The standard InChI is InChI=1S/C23H15BrClFN2O3/c24-17-4-1-2-7-21(17)31-22-11-27-13-28-23(22)15-9-8-14(10-20(15)29)30-12-16-18(25)5-3-6-19(16)26/h1-11,13,29H,12H2. The third-order valence-electron chi connectivity index (χ3n) is 4.40. The van der Waals surface area contributed by atoms with Crippen LogP contribution < -0.4 is 9.47 Å². The molecule has 0 amide bonds. The number of phenolic OH excluding ortho intramolecular Hbond substituents is 1. The van der Waals surface area contributed by atoms with E-state index < -0.39 is 5.82 Å². The Bertz CT molecular complexity index is 1220. The van der Waals surface area contributed by atoms with Crippen LogP contribution in [0.1, 0.15) is 5.56 Å². The summed E-state index contributed by atoms with van der Waals surface area (Å²) < 4.78 is 26.2. The van der Waals surface area contributed by atoms with Crippen LogP contribution in [0.2, 0.25) is 5.02 Å². The normalized spacial score (nSPS) is 10.7. The van der Waals surface area contributed by atoms with Crippen molar-refractivity contribution in [2.45, 2.75) is 6.61 Å². The van der Waals surface area contributed by atoms with Gasteiger partial charge < -0.3 is 14.6 Å². The lowest BCUT2D eigenvalue weighted by Crippen LogP contribution is -2.00. The van der Waals surface area contributed by atoms with Crippen molar-refractivity contribution in [2.24, 2.45) is 0 Å². The predicted octanol–water partition coefficient (Wildman–Crippen LogP) is 6.78. The van der Waals surface area contributed by atoms with Crippen molar-refractivity contribution in [2.75, 3.05) is 0 Å². The molecule has 4 rings (SSSR count). The van der Waals surface area contributed by atoms with Crippen molar-refractivity contribution in [3.63, 3.8) is 0 Å². The Morgan fingerprint density at radius 3 is 2.65 bits per heavy atom. The van der Waals surface area contributed by atoms with Crippen molar-refractivity contribution < 1.29 is 19.0 Å². The first-order chi connectivity index (χ1) is 15.0. The first-order valence-corrected chi connectivity index (χ1v) is 10.3. The SMILES string of the molecule is Oc1cc(OCc2c(F)cccc2Cl)ccc1-c1ncncc1Oc1ccccc1Br. The molecule has 1 aromatic heterocycles.